The number of nitrogens with zero attached hydrogens (tertiary/aromatic N) is 1. The van der Waals surface area contributed by atoms with Gasteiger partial charge in [-0.2, -0.15) is 0 Å². The Kier molecular flexibility index (Phi) is 4.15. The van der Waals surface area contributed by atoms with E-state index >= 15 is 0 Å². The second-order valence-electron chi connectivity index (χ2n) is 6.38. The molecule has 4 heteroatoms. The molecule has 0 unspecified atom stereocenters. The third-order valence-electron chi connectivity index (χ3n) is 4.59. The Labute approximate surface area is 168 Å². The van der Waals surface area contributed by atoms with E-state index in [2.05, 4.69) is 29.2 Å². The first-order chi connectivity index (χ1) is 13.8. The molecule has 136 valence electrons. The van der Waals surface area contributed by atoms with Crippen LogP contribution in [0.4, 0.5) is 17.1 Å². The third-order valence-corrected chi connectivity index (χ3v) is 4.88. The highest BCUT2D eigenvalue weighted by Crippen LogP contribution is 2.54. The van der Waals surface area contributed by atoms with Gasteiger partial charge in [0.1, 0.15) is 0 Å². The van der Waals surface area contributed by atoms with E-state index in [4.69, 9.17) is 21.1 Å². The van der Waals surface area contributed by atoms with E-state index in [1.807, 2.05) is 72.8 Å². The highest BCUT2D eigenvalue weighted by atomic mass is 35.5. The zero-order chi connectivity index (χ0) is 18.9. The van der Waals surface area contributed by atoms with Crippen LogP contribution in [0.25, 0.3) is 0 Å². The molecule has 28 heavy (non-hydrogen) atoms. The molecule has 0 atom stereocenters. The van der Waals surface area contributed by atoms with Gasteiger partial charge in [-0.15, -0.1) is 0 Å². The largest absolute Gasteiger partial charge is 0.448 e. The van der Waals surface area contributed by atoms with Crippen LogP contribution >= 0.6 is 11.6 Å². The Morgan fingerprint density at radius 2 is 1.04 bits per heavy atom. The number of hydrogen-bond donors (Lipinski definition) is 0. The van der Waals surface area contributed by atoms with Crippen molar-refractivity contribution in [2.24, 2.45) is 0 Å². The van der Waals surface area contributed by atoms with Crippen LogP contribution in [0.1, 0.15) is 0 Å². The van der Waals surface area contributed by atoms with Crippen molar-refractivity contribution in [3.8, 4) is 23.0 Å². The molecule has 0 amide bonds. The van der Waals surface area contributed by atoms with E-state index < -0.39 is 0 Å². The molecule has 0 N–H and O–H groups in total. The lowest BCUT2D eigenvalue weighted by Crippen LogP contribution is -2.12. The van der Waals surface area contributed by atoms with E-state index in [0.717, 1.165) is 17.1 Å². The van der Waals surface area contributed by atoms with Crippen LogP contribution in [-0.4, -0.2) is 0 Å². The smallest absolute Gasteiger partial charge is 0.195 e. The van der Waals surface area contributed by atoms with Crippen LogP contribution in [0.15, 0.2) is 97.1 Å². The summed E-state index contributed by atoms with van der Waals surface area (Å²) in [6.07, 6.45) is 0. The molecular weight excluding hydrogens is 370 g/mol. The van der Waals surface area contributed by atoms with Crippen molar-refractivity contribution in [2.75, 3.05) is 4.90 Å². The van der Waals surface area contributed by atoms with Crippen LogP contribution in [0.5, 0.6) is 23.0 Å². The summed E-state index contributed by atoms with van der Waals surface area (Å²) < 4.78 is 12.3. The molecule has 1 aliphatic rings. The van der Waals surface area contributed by atoms with Gasteiger partial charge in [0.05, 0.1) is 10.7 Å². The lowest BCUT2D eigenvalue weighted by atomic mass is 10.1. The van der Waals surface area contributed by atoms with E-state index in [1.54, 1.807) is 0 Å². The first kappa shape index (κ1) is 16.7. The number of ether oxygens (including phenoxy) is 2. The Morgan fingerprint density at radius 1 is 0.536 bits per heavy atom. The lowest BCUT2D eigenvalue weighted by Gasteiger charge is -2.30. The number of anilines is 3. The third kappa shape index (κ3) is 2.86. The van der Waals surface area contributed by atoms with Gasteiger partial charge in [-0.25, -0.2) is 0 Å². The van der Waals surface area contributed by atoms with Gasteiger partial charge in [-0.05, 0) is 48.5 Å². The molecule has 0 aliphatic carbocycles. The summed E-state index contributed by atoms with van der Waals surface area (Å²) in [6, 6.07) is 31.7. The zero-order valence-electron chi connectivity index (χ0n) is 14.9. The Bertz CT molecular complexity index is 1090. The van der Waals surface area contributed by atoms with Crippen LogP contribution < -0.4 is 14.4 Å². The highest BCUT2D eigenvalue weighted by molar-refractivity contribution is 6.32. The van der Waals surface area contributed by atoms with E-state index in [9.17, 15) is 0 Å². The van der Waals surface area contributed by atoms with Crippen molar-refractivity contribution in [3.05, 3.63) is 102 Å². The van der Waals surface area contributed by atoms with Crippen molar-refractivity contribution in [2.45, 2.75) is 0 Å². The summed E-state index contributed by atoms with van der Waals surface area (Å²) in [5.41, 5.74) is 2.88. The topological polar surface area (TPSA) is 21.7 Å². The maximum Gasteiger partial charge on any atom is 0.195 e. The number of hydrogen-bond acceptors (Lipinski definition) is 3. The fourth-order valence-corrected chi connectivity index (χ4v) is 3.51. The van der Waals surface area contributed by atoms with Gasteiger partial charge in [0, 0.05) is 11.4 Å². The average molecular weight is 386 g/mol. The highest BCUT2D eigenvalue weighted by Gasteiger charge is 2.27. The molecule has 4 aromatic carbocycles. The first-order valence-corrected chi connectivity index (χ1v) is 9.36. The van der Waals surface area contributed by atoms with Crippen molar-refractivity contribution < 1.29 is 9.47 Å². The lowest BCUT2D eigenvalue weighted by molar-refractivity contribution is 0.360. The fraction of sp³-hybridized carbons (Fsp3) is 0. The minimum Gasteiger partial charge on any atom is -0.448 e. The SMILES string of the molecule is Clc1ccc(N(c2ccccc2)c2ccccc2)c2c1Oc1ccccc1O2. The van der Waals surface area contributed by atoms with E-state index in [-0.39, 0.29) is 0 Å². The summed E-state index contributed by atoms with van der Waals surface area (Å²) in [4.78, 5) is 2.13. The number of benzene rings is 4. The standard InChI is InChI=1S/C24H16ClNO2/c25-19-15-16-20(24-23(19)27-21-13-7-8-14-22(21)28-24)26(17-9-3-1-4-10-17)18-11-5-2-6-12-18/h1-16H. The molecule has 1 heterocycles. The molecule has 0 fully saturated rings. The molecule has 0 saturated carbocycles. The van der Waals surface area contributed by atoms with Crippen molar-refractivity contribution in [1.82, 2.24) is 0 Å². The van der Waals surface area contributed by atoms with Crippen molar-refractivity contribution >= 4 is 28.7 Å². The molecule has 0 aromatic heterocycles. The van der Waals surface area contributed by atoms with Gasteiger partial charge >= 0.3 is 0 Å². The molecule has 0 radical (unpaired) electrons. The Balaban J connectivity index is 1.72. The van der Waals surface area contributed by atoms with Gasteiger partial charge in [0.2, 0.25) is 0 Å². The molecule has 0 spiro atoms. The van der Waals surface area contributed by atoms with E-state index in [1.165, 1.54) is 0 Å². The quantitative estimate of drug-likeness (QED) is 0.317. The molecule has 0 saturated heterocycles. The van der Waals surface area contributed by atoms with Crippen LogP contribution in [-0.2, 0) is 0 Å². The number of para-hydroxylation sites is 4. The number of fused-ring (bicyclic) bond motifs is 2. The Morgan fingerprint density at radius 3 is 1.61 bits per heavy atom. The van der Waals surface area contributed by atoms with Gasteiger partial charge in [0.15, 0.2) is 23.0 Å². The summed E-state index contributed by atoms with van der Waals surface area (Å²) in [6.45, 7) is 0. The fourth-order valence-electron chi connectivity index (χ4n) is 3.32. The Hall–Kier alpha value is -3.43. The molecule has 4 aromatic rings. The predicted molar refractivity (Wildman–Crippen MR) is 113 cm³/mol. The zero-order valence-corrected chi connectivity index (χ0v) is 15.6. The van der Waals surface area contributed by atoms with Gasteiger partial charge in [0.25, 0.3) is 0 Å². The molecule has 3 nitrogen and oxygen atoms in total. The minimum atomic E-state index is 0.509. The average Bonchev–Trinajstić information content (AvgIpc) is 2.76. The van der Waals surface area contributed by atoms with Gasteiger partial charge in [-0.3, -0.25) is 0 Å². The molecule has 5 rings (SSSR count). The normalized spacial score (nSPS) is 11.6. The number of rotatable bonds is 3. The summed E-state index contributed by atoms with van der Waals surface area (Å²) in [5.74, 6) is 2.44. The minimum absolute atomic E-state index is 0.509. The molecule has 1 aliphatic heterocycles. The van der Waals surface area contributed by atoms with Gasteiger partial charge < -0.3 is 14.4 Å². The number of halogens is 1. The molecule has 0 bridgehead atoms. The first-order valence-electron chi connectivity index (χ1n) is 8.99. The maximum atomic E-state index is 6.45. The van der Waals surface area contributed by atoms with Crippen molar-refractivity contribution in [3.63, 3.8) is 0 Å². The summed E-state index contributed by atoms with van der Waals surface area (Å²) >= 11 is 6.45. The van der Waals surface area contributed by atoms with Crippen LogP contribution in [0, 0.1) is 0 Å². The monoisotopic (exact) mass is 385 g/mol. The summed E-state index contributed by atoms with van der Waals surface area (Å²) in [5, 5.41) is 0.509. The van der Waals surface area contributed by atoms with E-state index in [0.29, 0.717) is 28.0 Å². The second-order valence-corrected chi connectivity index (χ2v) is 6.79. The maximum absolute atomic E-state index is 6.45. The second kappa shape index (κ2) is 6.95. The predicted octanol–water partition coefficient (Wildman–Crippen LogP) is 7.71. The van der Waals surface area contributed by atoms with Gasteiger partial charge in [-0.1, -0.05) is 60.1 Å². The molecular formula is C24H16ClNO2. The van der Waals surface area contributed by atoms with Crippen LogP contribution in [0.2, 0.25) is 5.02 Å². The van der Waals surface area contributed by atoms with Crippen LogP contribution in [0.3, 0.4) is 0 Å². The summed E-state index contributed by atoms with van der Waals surface area (Å²) in [7, 11) is 0. The van der Waals surface area contributed by atoms with Crippen molar-refractivity contribution in [1.29, 1.82) is 0 Å².